The van der Waals surface area contributed by atoms with Gasteiger partial charge < -0.3 is 15.2 Å². The molecule has 2 N–H and O–H groups in total. The number of carbonyl (C=O) groups excluding carboxylic acids is 1. The van der Waals surface area contributed by atoms with Crippen LogP contribution in [0.1, 0.15) is 40.4 Å². The third-order valence-electron chi connectivity index (χ3n) is 4.45. The van der Waals surface area contributed by atoms with Crippen molar-refractivity contribution in [2.24, 2.45) is 5.92 Å². The van der Waals surface area contributed by atoms with Gasteiger partial charge in [-0.1, -0.05) is 24.3 Å². The van der Waals surface area contributed by atoms with Gasteiger partial charge in [0.15, 0.2) is 0 Å². The van der Waals surface area contributed by atoms with Crippen LogP contribution < -0.4 is 10.1 Å². The molecule has 0 radical (unpaired) electrons. The summed E-state index contributed by atoms with van der Waals surface area (Å²) in [4.78, 5) is 23.3. The molecule has 5 heteroatoms. The van der Waals surface area contributed by atoms with Crippen molar-refractivity contribution in [3.05, 3.63) is 65.2 Å². The molecule has 25 heavy (non-hydrogen) atoms. The van der Waals surface area contributed by atoms with Crippen molar-refractivity contribution >= 4 is 11.9 Å². The van der Waals surface area contributed by atoms with Gasteiger partial charge in [-0.2, -0.15) is 0 Å². The van der Waals surface area contributed by atoms with Gasteiger partial charge in [0.25, 0.3) is 0 Å². The lowest BCUT2D eigenvalue weighted by molar-refractivity contribution is -0.121. The van der Waals surface area contributed by atoms with Crippen LogP contribution in [0.25, 0.3) is 0 Å². The quantitative estimate of drug-likeness (QED) is 0.812. The van der Waals surface area contributed by atoms with Crippen molar-refractivity contribution in [1.82, 2.24) is 5.32 Å². The minimum atomic E-state index is -0.968. The van der Waals surface area contributed by atoms with Crippen LogP contribution in [-0.2, 0) is 11.2 Å². The molecule has 1 saturated carbocycles. The Labute approximate surface area is 146 Å². The molecule has 1 aliphatic rings. The summed E-state index contributed by atoms with van der Waals surface area (Å²) in [7, 11) is 1.63. The molecule has 2 aromatic rings. The second kappa shape index (κ2) is 7.38. The summed E-state index contributed by atoms with van der Waals surface area (Å²) in [5.41, 5.74) is 2.10. The summed E-state index contributed by atoms with van der Waals surface area (Å²) in [6.45, 7) is 0. The average Bonchev–Trinajstić information content (AvgIpc) is 3.45. The number of ether oxygens (including phenoxy) is 1. The average molecular weight is 339 g/mol. The van der Waals surface area contributed by atoms with E-state index in [0.29, 0.717) is 5.92 Å². The Morgan fingerprint density at radius 3 is 2.28 bits per heavy atom. The fraction of sp³-hybridized carbons (Fsp3) is 0.300. The summed E-state index contributed by atoms with van der Waals surface area (Å²) < 4.78 is 5.18. The zero-order valence-corrected chi connectivity index (χ0v) is 14.1. The Balaban J connectivity index is 1.65. The number of hydrogen-bond donors (Lipinski definition) is 2. The Morgan fingerprint density at radius 1 is 1.12 bits per heavy atom. The molecule has 0 bridgehead atoms. The molecule has 2 aromatic carbocycles. The summed E-state index contributed by atoms with van der Waals surface area (Å²) in [6.07, 6.45) is 2.47. The third-order valence-corrected chi connectivity index (χ3v) is 4.45. The van der Waals surface area contributed by atoms with Crippen LogP contribution in [0.3, 0.4) is 0 Å². The fourth-order valence-electron chi connectivity index (χ4n) is 2.89. The molecule has 0 saturated heterocycles. The lowest BCUT2D eigenvalue weighted by Gasteiger charge is -2.19. The molecular weight excluding hydrogens is 318 g/mol. The predicted molar refractivity (Wildman–Crippen MR) is 93.7 cm³/mol. The first-order chi connectivity index (χ1) is 12.1. The molecule has 0 aromatic heterocycles. The topological polar surface area (TPSA) is 75.6 Å². The third kappa shape index (κ3) is 4.38. The number of carboxylic acid groups (broad SMARTS) is 1. The van der Waals surface area contributed by atoms with Crippen LogP contribution >= 0.6 is 0 Å². The van der Waals surface area contributed by atoms with Crippen molar-refractivity contribution in [3.63, 3.8) is 0 Å². The highest BCUT2D eigenvalue weighted by atomic mass is 16.5. The van der Waals surface area contributed by atoms with E-state index in [1.165, 1.54) is 12.1 Å². The van der Waals surface area contributed by atoms with Gasteiger partial charge in [-0.05, 0) is 54.2 Å². The number of benzene rings is 2. The normalized spacial score (nSPS) is 14.6. The molecule has 0 aliphatic heterocycles. The van der Waals surface area contributed by atoms with Gasteiger partial charge in [-0.15, -0.1) is 0 Å². The molecule has 1 amide bonds. The zero-order valence-electron chi connectivity index (χ0n) is 14.1. The van der Waals surface area contributed by atoms with Crippen molar-refractivity contribution in [1.29, 1.82) is 0 Å². The van der Waals surface area contributed by atoms with Gasteiger partial charge in [0.1, 0.15) is 5.75 Å². The predicted octanol–water partition coefficient (Wildman–Crippen LogP) is 3.20. The summed E-state index contributed by atoms with van der Waals surface area (Å²) in [5, 5.41) is 12.0. The van der Waals surface area contributed by atoms with E-state index < -0.39 is 5.97 Å². The number of aromatic carboxylic acids is 1. The van der Waals surface area contributed by atoms with Crippen molar-refractivity contribution in [2.45, 2.75) is 25.3 Å². The molecule has 1 aliphatic carbocycles. The second-order valence-corrected chi connectivity index (χ2v) is 6.33. The number of amides is 1. The summed E-state index contributed by atoms with van der Waals surface area (Å²) >= 11 is 0. The van der Waals surface area contributed by atoms with E-state index in [1.807, 2.05) is 24.3 Å². The van der Waals surface area contributed by atoms with Crippen molar-refractivity contribution < 1.29 is 19.4 Å². The molecule has 0 heterocycles. The summed E-state index contributed by atoms with van der Waals surface area (Å²) in [6, 6.07) is 14.2. The monoisotopic (exact) mass is 339 g/mol. The molecule has 1 fully saturated rings. The number of carboxylic acids is 1. The van der Waals surface area contributed by atoms with Gasteiger partial charge in [0.2, 0.25) is 5.91 Å². The maximum Gasteiger partial charge on any atom is 0.335 e. The van der Waals surface area contributed by atoms with E-state index in [4.69, 9.17) is 9.84 Å². The van der Waals surface area contributed by atoms with Crippen LogP contribution in [0.4, 0.5) is 0 Å². The Hall–Kier alpha value is -2.82. The van der Waals surface area contributed by atoms with E-state index in [2.05, 4.69) is 5.32 Å². The van der Waals surface area contributed by atoms with Gasteiger partial charge in [0.05, 0.1) is 25.1 Å². The lowest BCUT2D eigenvalue weighted by Crippen LogP contribution is -2.31. The number of methoxy groups -OCH3 is 1. The highest BCUT2D eigenvalue weighted by Gasteiger charge is 2.33. The number of carbonyl (C=O) groups is 2. The maximum absolute atomic E-state index is 12.4. The molecule has 3 rings (SSSR count). The molecule has 1 unspecified atom stereocenters. The second-order valence-electron chi connectivity index (χ2n) is 6.33. The van der Waals surface area contributed by atoms with Gasteiger partial charge in [-0.25, -0.2) is 4.79 Å². The molecule has 0 spiro atoms. The number of hydrogen-bond acceptors (Lipinski definition) is 3. The molecule has 130 valence electrons. The number of rotatable bonds is 7. The van der Waals surface area contributed by atoms with Crippen LogP contribution in [-0.4, -0.2) is 24.1 Å². The molecule has 1 atom stereocenters. The largest absolute Gasteiger partial charge is 0.497 e. The number of nitrogens with one attached hydrogen (secondary N) is 1. The van der Waals surface area contributed by atoms with Gasteiger partial charge >= 0.3 is 5.97 Å². The standard InChI is InChI=1S/C20H21NO4/c1-25-17-10-8-15(9-11-17)19(14-6-7-14)21-18(22)12-13-2-4-16(5-3-13)20(23)24/h2-5,8-11,14,19H,6-7,12H2,1H3,(H,21,22)(H,23,24). The van der Waals surface area contributed by atoms with Crippen LogP contribution in [0.5, 0.6) is 5.75 Å². The first kappa shape index (κ1) is 17.0. The van der Waals surface area contributed by atoms with E-state index in [1.54, 1.807) is 19.2 Å². The maximum atomic E-state index is 12.4. The van der Waals surface area contributed by atoms with E-state index in [0.717, 1.165) is 29.7 Å². The van der Waals surface area contributed by atoms with Gasteiger partial charge in [0, 0.05) is 0 Å². The minimum Gasteiger partial charge on any atom is -0.497 e. The van der Waals surface area contributed by atoms with Crippen LogP contribution in [0.15, 0.2) is 48.5 Å². The van der Waals surface area contributed by atoms with E-state index in [9.17, 15) is 9.59 Å². The Kier molecular flexibility index (Phi) is 5.03. The first-order valence-corrected chi connectivity index (χ1v) is 8.32. The Morgan fingerprint density at radius 2 is 1.76 bits per heavy atom. The highest BCUT2D eigenvalue weighted by Crippen LogP contribution is 2.41. The van der Waals surface area contributed by atoms with Gasteiger partial charge in [-0.3, -0.25) is 4.79 Å². The van der Waals surface area contributed by atoms with E-state index in [-0.39, 0.29) is 23.9 Å². The van der Waals surface area contributed by atoms with Crippen molar-refractivity contribution in [3.8, 4) is 5.75 Å². The smallest absolute Gasteiger partial charge is 0.335 e. The van der Waals surface area contributed by atoms with Crippen LogP contribution in [0, 0.1) is 5.92 Å². The fourth-order valence-corrected chi connectivity index (χ4v) is 2.89. The Bertz CT molecular complexity index is 748. The van der Waals surface area contributed by atoms with E-state index >= 15 is 0 Å². The van der Waals surface area contributed by atoms with Crippen molar-refractivity contribution in [2.75, 3.05) is 7.11 Å². The molecular formula is C20H21NO4. The molecule has 5 nitrogen and oxygen atoms in total. The minimum absolute atomic E-state index is 0.0108. The highest BCUT2D eigenvalue weighted by molar-refractivity contribution is 5.87. The van der Waals surface area contributed by atoms with Crippen LogP contribution in [0.2, 0.25) is 0 Å². The lowest BCUT2D eigenvalue weighted by atomic mass is 10.0. The zero-order chi connectivity index (χ0) is 17.8. The first-order valence-electron chi connectivity index (χ1n) is 8.32. The SMILES string of the molecule is COc1ccc(C(NC(=O)Cc2ccc(C(=O)O)cc2)C2CC2)cc1. The summed E-state index contributed by atoms with van der Waals surface area (Å²) in [5.74, 6) is 0.245.